The van der Waals surface area contributed by atoms with Crippen LogP contribution in [0.5, 0.6) is 0 Å². The molecule has 1 heterocycles. The number of carbonyl (C=O) groups is 2. The molecule has 0 spiro atoms. The molecule has 2 N–H and O–H groups in total. The van der Waals surface area contributed by atoms with Gasteiger partial charge in [-0.05, 0) is 12.1 Å². The van der Waals surface area contributed by atoms with Crippen molar-refractivity contribution in [2.24, 2.45) is 0 Å². The van der Waals surface area contributed by atoms with Crippen LogP contribution < -0.4 is 10.5 Å². The smallest absolute Gasteiger partial charge is 0.336 e. The molecule has 2 rings (SSSR count). The van der Waals surface area contributed by atoms with Gasteiger partial charge in [0.1, 0.15) is 18.7 Å². The standard InChI is InChI=1S/C13H10NO6/c15-11(16)6-14(7-12(17)18)9-3-1-8-2-4-13(19)20-10(8)5-9/h1,3-5H,6-7H2,(H,15,16)(H,17,18). The van der Waals surface area contributed by atoms with Crippen LogP contribution in [0, 0.1) is 6.07 Å². The van der Waals surface area contributed by atoms with Crippen molar-refractivity contribution in [2.75, 3.05) is 18.0 Å². The van der Waals surface area contributed by atoms with Crippen molar-refractivity contribution in [3.63, 3.8) is 0 Å². The Labute approximate surface area is 112 Å². The van der Waals surface area contributed by atoms with Gasteiger partial charge >= 0.3 is 17.6 Å². The van der Waals surface area contributed by atoms with Crippen LogP contribution in [0.2, 0.25) is 0 Å². The number of aliphatic carboxylic acids is 2. The summed E-state index contributed by atoms with van der Waals surface area (Å²) in [6.45, 7) is -0.947. The number of rotatable bonds is 5. The van der Waals surface area contributed by atoms with Crippen molar-refractivity contribution < 1.29 is 24.2 Å². The first-order valence-electron chi connectivity index (χ1n) is 5.60. The average Bonchev–Trinajstić information content (AvgIpc) is 2.36. The van der Waals surface area contributed by atoms with Gasteiger partial charge in [-0.25, -0.2) is 4.79 Å². The molecule has 1 aromatic carbocycles. The lowest BCUT2D eigenvalue weighted by molar-refractivity contribution is -0.136. The van der Waals surface area contributed by atoms with Crippen LogP contribution in [-0.4, -0.2) is 35.2 Å². The van der Waals surface area contributed by atoms with E-state index in [2.05, 4.69) is 6.07 Å². The van der Waals surface area contributed by atoms with Gasteiger partial charge in [0, 0.05) is 29.3 Å². The summed E-state index contributed by atoms with van der Waals surface area (Å²) in [4.78, 5) is 33.8. The Bertz CT molecular complexity index is 704. The maximum Gasteiger partial charge on any atom is 0.336 e. The zero-order chi connectivity index (χ0) is 14.7. The van der Waals surface area contributed by atoms with Gasteiger partial charge in [0.05, 0.1) is 0 Å². The molecule has 0 bridgehead atoms. The highest BCUT2D eigenvalue weighted by Crippen LogP contribution is 2.20. The van der Waals surface area contributed by atoms with Gasteiger partial charge in [0.2, 0.25) is 0 Å². The summed E-state index contributed by atoms with van der Waals surface area (Å²) in [6, 6.07) is 8.39. The number of hydrogen-bond donors (Lipinski definition) is 2. The molecule has 20 heavy (non-hydrogen) atoms. The van der Waals surface area contributed by atoms with Crippen LogP contribution in [0.1, 0.15) is 0 Å². The minimum absolute atomic E-state index is 0.218. The van der Waals surface area contributed by atoms with Gasteiger partial charge in [-0.2, -0.15) is 0 Å². The summed E-state index contributed by atoms with van der Waals surface area (Å²) in [6.07, 6.45) is 0. The van der Waals surface area contributed by atoms with Crippen LogP contribution >= 0.6 is 0 Å². The van der Waals surface area contributed by atoms with Gasteiger partial charge in [-0.15, -0.1) is 0 Å². The van der Waals surface area contributed by atoms with Crippen LogP contribution in [-0.2, 0) is 9.59 Å². The SMILES string of the molecule is O=C(O)CN(CC(=O)O)c1ccc2[c]cc(=O)oc2c1. The Balaban J connectivity index is 2.43. The van der Waals surface area contributed by atoms with E-state index in [-0.39, 0.29) is 5.58 Å². The zero-order valence-electron chi connectivity index (χ0n) is 10.2. The minimum atomic E-state index is -1.16. The largest absolute Gasteiger partial charge is 0.480 e. The molecule has 2 aromatic rings. The van der Waals surface area contributed by atoms with Gasteiger partial charge in [0.25, 0.3) is 0 Å². The molecule has 0 unspecified atom stereocenters. The molecule has 7 heteroatoms. The van der Waals surface area contributed by atoms with E-state index in [1.54, 1.807) is 12.1 Å². The second kappa shape index (κ2) is 5.43. The molecule has 0 aliphatic carbocycles. The summed E-state index contributed by atoms with van der Waals surface area (Å²) in [5, 5.41) is 18.1. The normalized spacial score (nSPS) is 10.4. The molecule has 0 fully saturated rings. The third-order valence-electron chi connectivity index (χ3n) is 2.54. The predicted molar refractivity (Wildman–Crippen MR) is 68.8 cm³/mol. The molecule has 0 saturated carbocycles. The maximum absolute atomic E-state index is 11.1. The topological polar surface area (TPSA) is 108 Å². The van der Waals surface area contributed by atoms with Crippen molar-refractivity contribution in [3.05, 3.63) is 40.8 Å². The van der Waals surface area contributed by atoms with Gasteiger partial charge in [0.15, 0.2) is 0 Å². The van der Waals surface area contributed by atoms with Gasteiger partial charge in [-0.3, -0.25) is 9.59 Å². The average molecular weight is 276 g/mol. The highest BCUT2D eigenvalue weighted by Gasteiger charge is 2.15. The molecule has 1 aromatic heterocycles. The van der Waals surface area contributed by atoms with Crippen LogP contribution in [0.4, 0.5) is 5.69 Å². The van der Waals surface area contributed by atoms with E-state index < -0.39 is 30.7 Å². The summed E-state index contributed by atoms with van der Waals surface area (Å²) in [7, 11) is 0. The molecular weight excluding hydrogens is 266 g/mol. The van der Waals surface area contributed by atoms with Crippen LogP contribution in [0.25, 0.3) is 11.0 Å². The lowest BCUT2D eigenvalue weighted by Crippen LogP contribution is -2.34. The number of anilines is 1. The second-order valence-corrected chi connectivity index (χ2v) is 4.03. The van der Waals surface area contributed by atoms with E-state index >= 15 is 0 Å². The van der Waals surface area contributed by atoms with E-state index in [1.807, 2.05) is 0 Å². The number of nitrogens with zero attached hydrogens (tertiary/aromatic N) is 1. The first kappa shape index (κ1) is 13.6. The predicted octanol–water partition coefficient (Wildman–Crippen LogP) is 0.569. The fourth-order valence-corrected chi connectivity index (χ4v) is 1.75. The van der Waals surface area contributed by atoms with E-state index in [1.165, 1.54) is 6.07 Å². The molecule has 0 amide bonds. The molecule has 1 radical (unpaired) electrons. The molecular formula is C13H10NO6. The lowest BCUT2D eigenvalue weighted by atomic mass is 10.2. The number of fused-ring (bicyclic) bond motifs is 1. The first-order chi connectivity index (χ1) is 9.45. The quantitative estimate of drug-likeness (QED) is 0.768. The Morgan fingerprint density at radius 3 is 2.45 bits per heavy atom. The second-order valence-electron chi connectivity index (χ2n) is 4.03. The monoisotopic (exact) mass is 276 g/mol. The number of hydrogen-bond acceptors (Lipinski definition) is 5. The van der Waals surface area contributed by atoms with E-state index in [4.69, 9.17) is 14.6 Å². The Morgan fingerprint density at radius 2 is 1.85 bits per heavy atom. The third-order valence-corrected chi connectivity index (χ3v) is 2.54. The number of carboxylic acid groups (broad SMARTS) is 2. The Morgan fingerprint density at radius 1 is 1.20 bits per heavy atom. The Kier molecular flexibility index (Phi) is 3.69. The third kappa shape index (κ3) is 3.14. The van der Waals surface area contributed by atoms with Crippen molar-refractivity contribution in [1.29, 1.82) is 0 Å². The summed E-state index contributed by atoms with van der Waals surface area (Å²) >= 11 is 0. The molecule has 0 aliphatic heterocycles. The minimum Gasteiger partial charge on any atom is -0.480 e. The van der Waals surface area contributed by atoms with Crippen LogP contribution in [0.15, 0.2) is 33.5 Å². The van der Waals surface area contributed by atoms with Gasteiger partial charge < -0.3 is 19.5 Å². The zero-order valence-corrected chi connectivity index (χ0v) is 10.2. The van der Waals surface area contributed by atoms with Crippen molar-refractivity contribution in [3.8, 4) is 0 Å². The highest BCUT2D eigenvalue weighted by atomic mass is 16.4. The van der Waals surface area contributed by atoms with E-state index in [0.29, 0.717) is 11.1 Å². The van der Waals surface area contributed by atoms with E-state index in [0.717, 1.165) is 11.0 Å². The van der Waals surface area contributed by atoms with Crippen molar-refractivity contribution >= 4 is 28.6 Å². The molecule has 0 atom stereocenters. The fourth-order valence-electron chi connectivity index (χ4n) is 1.75. The molecule has 0 saturated heterocycles. The maximum atomic E-state index is 11.1. The summed E-state index contributed by atoms with van der Waals surface area (Å²) in [5.41, 5.74) is -0.0292. The lowest BCUT2D eigenvalue weighted by Gasteiger charge is -2.20. The molecule has 7 nitrogen and oxygen atoms in total. The Hall–Kier alpha value is -2.83. The summed E-state index contributed by atoms with van der Waals surface area (Å²) < 4.78 is 4.95. The highest BCUT2D eigenvalue weighted by molar-refractivity contribution is 5.84. The molecule has 103 valence electrons. The number of benzene rings is 1. The van der Waals surface area contributed by atoms with E-state index in [9.17, 15) is 14.4 Å². The van der Waals surface area contributed by atoms with Gasteiger partial charge in [-0.1, -0.05) is 0 Å². The first-order valence-corrected chi connectivity index (χ1v) is 5.60. The fraction of sp³-hybridized carbons (Fsp3) is 0.154. The molecule has 0 aliphatic rings. The van der Waals surface area contributed by atoms with Crippen molar-refractivity contribution in [2.45, 2.75) is 0 Å². The van der Waals surface area contributed by atoms with Crippen LogP contribution in [0.3, 0.4) is 0 Å². The number of carboxylic acids is 2. The summed E-state index contributed by atoms with van der Waals surface area (Å²) in [5.74, 6) is -2.32. The van der Waals surface area contributed by atoms with Crippen molar-refractivity contribution in [1.82, 2.24) is 0 Å².